The van der Waals surface area contributed by atoms with Gasteiger partial charge in [0.25, 0.3) is 0 Å². The molecular weight excluding hydrogens is 476 g/mol. The number of hydrogen-bond acceptors (Lipinski definition) is 7. The molecule has 192 valence electrons. The van der Waals surface area contributed by atoms with Gasteiger partial charge in [-0.3, -0.25) is 19.2 Å². The van der Waals surface area contributed by atoms with Crippen LogP contribution in [0.5, 0.6) is 0 Å². The number of alkyl halides is 4. The van der Waals surface area contributed by atoms with Crippen molar-refractivity contribution in [2.75, 3.05) is 38.2 Å². The summed E-state index contributed by atoms with van der Waals surface area (Å²) in [7, 11) is 0. The van der Waals surface area contributed by atoms with Crippen molar-refractivity contribution in [2.24, 2.45) is 0 Å². The summed E-state index contributed by atoms with van der Waals surface area (Å²) in [5, 5.41) is 17.4. The molecule has 0 radical (unpaired) electrons. The van der Waals surface area contributed by atoms with E-state index in [2.05, 4.69) is 35.8 Å². The van der Waals surface area contributed by atoms with Crippen molar-refractivity contribution in [1.82, 2.24) is 35.4 Å². The first kappa shape index (κ1) is 24.6. The second-order valence-corrected chi connectivity index (χ2v) is 9.51. The number of fused-ring (bicyclic) bond motifs is 1. The molecule has 0 amide bonds. The molecule has 0 aliphatic carbocycles. The van der Waals surface area contributed by atoms with E-state index in [1.54, 1.807) is 18.3 Å². The van der Waals surface area contributed by atoms with Crippen LogP contribution in [0.25, 0.3) is 11.4 Å². The number of nitrogens with one attached hydrogen (secondary N) is 2. The predicted octanol–water partition coefficient (Wildman–Crippen LogP) is 3.62. The lowest BCUT2D eigenvalue weighted by atomic mass is 9.85. The molecule has 1 fully saturated rings. The maximum Gasteiger partial charge on any atom is 0.401 e. The standard InChI is InChI=1S/C24H28F4N8/c1-15-9-17-10-16(23-31-33-34-32-23)3-5-20(17)22(36(15)14-24(26,27)28)21-6-4-18(11-29-21)30-19-12-35(13-19)8-2-7-25/h3-6,10-11,15,19,22,30H,2,7-9,12-14H2,1H3,(H,31,32,33,34)/t15-,22+/m1/s1. The number of H-pyrrole nitrogens is 1. The van der Waals surface area contributed by atoms with Gasteiger partial charge in [-0.05, 0) is 54.3 Å². The lowest BCUT2D eigenvalue weighted by Gasteiger charge is -2.42. The van der Waals surface area contributed by atoms with Crippen molar-refractivity contribution in [3.8, 4) is 11.4 Å². The van der Waals surface area contributed by atoms with Gasteiger partial charge in [0.05, 0.1) is 42.9 Å². The third kappa shape index (κ3) is 5.34. The average Bonchev–Trinajstić information content (AvgIpc) is 3.35. The van der Waals surface area contributed by atoms with Crippen molar-refractivity contribution >= 4 is 5.69 Å². The lowest BCUT2D eigenvalue weighted by molar-refractivity contribution is -0.155. The number of rotatable bonds is 8. The smallest absolute Gasteiger partial charge is 0.378 e. The third-order valence-electron chi connectivity index (χ3n) is 6.82. The molecule has 2 aliphatic rings. The first-order valence-electron chi connectivity index (χ1n) is 12.0. The number of likely N-dealkylation sites (tertiary alicyclic amines) is 1. The van der Waals surface area contributed by atoms with E-state index < -0.39 is 18.8 Å². The Morgan fingerprint density at radius 3 is 2.67 bits per heavy atom. The Hall–Kier alpha value is -3.12. The summed E-state index contributed by atoms with van der Waals surface area (Å²) in [5.74, 6) is 0.438. The van der Waals surface area contributed by atoms with E-state index in [1.807, 2.05) is 25.1 Å². The van der Waals surface area contributed by atoms with E-state index in [-0.39, 0.29) is 18.8 Å². The summed E-state index contributed by atoms with van der Waals surface area (Å²) in [5.41, 5.74) is 3.86. The predicted molar refractivity (Wildman–Crippen MR) is 126 cm³/mol. The Morgan fingerprint density at radius 2 is 2.00 bits per heavy atom. The van der Waals surface area contributed by atoms with E-state index in [0.717, 1.165) is 42.0 Å². The number of pyridine rings is 1. The van der Waals surface area contributed by atoms with Crippen LogP contribution in [0.4, 0.5) is 23.2 Å². The van der Waals surface area contributed by atoms with Gasteiger partial charge in [0.2, 0.25) is 5.82 Å². The van der Waals surface area contributed by atoms with Gasteiger partial charge in [0.15, 0.2) is 0 Å². The zero-order valence-corrected chi connectivity index (χ0v) is 19.8. The molecule has 3 aromatic rings. The van der Waals surface area contributed by atoms with Gasteiger partial charge in [-0.2, -0.15) is 18.4 Å². The Balaban J connectivity index is 1.39. The normalized spacial score (nSPS) is 21.2. The minimum absolute atomic E-state index is 0.248. The van der Waals surface area contributed by atoms with Crippen LogP contribution in [0.3, 0.4) is 0 Å². The van der Waals surface area contributed by atoms with Crippen LogP contribution in [0.1, 0.15) is 36.2 Å². The summed E-state index contributed by atoms with van der Waals surface area (Å²) >= 11 is 0. The molecule has 2 aliphatic heterocycles. The first-order valence-corrected chi connectivity index (χ1v) is 12.0. The highest BCUT2D eigenvalue weighted by Crippen LogP contribution is 2.40. The molecule has 12 heteroatoms. The molecular formula is C24H28F4N8. The zero-order valence-electron chi connectivity index (χ0n) is 19.8. The molecule has 1 saturated heterocycles. The molecule has 0 unspecified atom stereocenters. The van der Waals surface area contributed by atoms with E-state index in [0.29, 0.717) is 24.4 Å². The number of aromatic nitrogens is 5. The first-order chi connectivity index (χ1) is 17.3. The summed E-state index contributed by atoms with van der Waals surface area (Å²) in [4.78, 5) is 8.24. The fraction of sp³-hybridized carbons (Fsp3) is 0.500. The number of nitrogens with zero attached hydrogens (tertiary/aromatic N) is 6. The lowest BCUT2D eigenvalue weighted by Crippen LogP contribution is -2.54. The third-order valence-corrected chi connectivity index (χ3v) is 6.82. The van der Waals surface area contributed by atoms with Gasteiger partial charge in [-0.15, -0.1) is 10.2 Å². The van der Waals surface area contributed by atoms with Crippen molar-refractivity contribution in [2.45, 2.75) is 44.1 Å². The molecule has 0 bridgehead atoms. The summed E-state index contributed by atoms with van der Waals surface area (Å²) in [6.07, 6.45) is -1.66. The maximum absolute atomic E-state index is 13.6. The Kier molecular flexibility index (Phi) is 6.89. The van der Waals surface area contributed by atoms with Gasteiger partial charge in [0.1, 0.15) is 0 Å². The largest absolute Gasteiger partial charge is 0.401 e. The van der Waals surface area contributed by atoms with Crippen LogP contribution in [-0.2, 0) is 6.42 Å². The number of tetrazole rings is 1. The van der Waals surface area contributed by atoms with Crippen molar-refractivity contribution in [3.05, 3.63) is 53.3 Å². The topological polar surface area (TPSA) is 85.9 Å². The fourth-order valence-corrected chi connectivity index (χ4v) is 5.14. The fourth-order valence-electron chi connectivity index (χ4n) is 5.14. The van der Waals surface area contributed by atoms with E-state index >= 15 is 0 Å². The van der Waals surface area contributed by atoms with Crippen molar-refractivity contribution in [1.29, 1.82) is 0 Å². The number of aromatic amines is 1. The van der Waals surface area contributed by atoms with Crippen molar-refractivity contribution < 1.29 is 17.6 Å². The minimum Gasteiger partial charge on any atom is -0.378 e. The monoisotopic (exact) mass is 504 g/mol. The van der Waals surface area contributed by atoms with E-state index in [9.17, 15) is 17.6 Å². The summed E-state index contributed by atoms with van der Waals surface area (Å²) < 4.78 is 53.0. The molecule has 36 heavy (non-hydrogen) atoms. The minimum atomic E-state index is -4.34. The number of benzene rings is 1. The van der Waals surface area contributed by atoms with Gasteiger partial charge >= 0.3 is 6.18 Å². The SMILES string of the molecule is C[C@@H]1Cc2cc(-c3nn[nH]n3)ccc2[C@@H](c2ccc(NC3CN(CCCF)C3)cn2)N1CC(F)(F)F. The Labute approximate surface area is 206 Å². The van der Waals surface area contributed by atoms with Gasteiger partial charge in [-0.1, -0.05) is 12.1 Å². The molecule has 2 N–H and O–H groups in total. The average molecular weight is 505 g/mol. The highest BCUT2D eigenvalue weighted by molar-refractivity contribution is 5.58. The van der Waals surface area contributed by atoms with Gasteiger partial charge in [0, 0.05) is 31.2 Å². The van der Waals surface area contributed by atoms with Crippen LogP contribution in [0, 0.1) is 0 Å². The zero-order chi connectivity index (χ0) is 25.3. The number of hydrogen-bond donors (Lipinski definition) is 2. The summed E-state index contributed by atoms with van der Waals surface area (Å²) in [6, 6.07) is 8.49. The summed E-state index contributed by atoms with van der Waals surface area (Å²) in [6.45, 7) is 2.88. The molecule has 0 saturated carbocycles. The Bertz CT molecular complexity index is 1150. The van der Waals surface area contributed by atoms with Crippen LogP contribution in [-0.4, -0.2) is 86.5 Å². The second-order valence-electron chi connectivity index (χ2n) is 9.51. The van der Waals surface area contributed by atoms with Crippen LogP contribution >= 0.6 is 0 Å². The molecule has 8 nitrogen and oxygen atoms in total. The van der Waals surface area contributed by atoms with E-state index in [4.69, 9.17) is 0 Å². The molecule has 1 aromatic carbocycles. The second kappa shape index (κ2) is 10.1. The van der Waals surface area contributed by atoms with Crippen molar-refractivity contribution in [3.63, 3.8) is 0 Å². The highest BCUT2D eigenvalue weighted by atomic mass is 19.4. The molecule has 2 atom stereocenters. The molecule has 5 rings (SSSR count). The van der Waals surface area contributed by atoms with Crippen LogP contribution in [0.15, 0.2) is 36.5 Å². The molecule has 2 aromatic heterocycles. The van der Waals surface area contributed by atoms with Gasteiger partial charge < -0.3 is 5.32 Å². The van der Waals surface area contributed by atoms with E-state index in [1.165, 1.54) is 4.90 Å². The van der Waals surface area contributed by atoms with Crippen LogP contribution in [0.2, 0.25) is 0 Å². The number of halogens is 4. The highest BCUT2D eigenvalue weighted by Gasteiger charge is 2.41. The Morgan fingerprint density at radius 1 is 1.17 bits per heavy atom. The number of anilines is 1. The van der Waals surface area contributed by atoms with Crippen LogP contribution < -0.4 is 5.32 Å². The van der Waals surface area contributed by atoms with Gasteiger partial charge in [-0.25, -0.2) is 0 Å². The maximum atomic E-state index is 13.6. The molecule has 4 heterocycles. The quantitative estimate of drug-likeness (QED) is 0.454. The molecule has 0 spiro atoms.